The van der Waals surface area contributed by atoms with Gasteiger partial charge in [-0.15, -0.1) is 0 Å². The van der Waals surface area contributed by atoms with Crippen LogP contribution in [-0.4, -0.2) is 58.7 Å². The lowest BCUT2D eigenvalue weighted by Gasteiger charge is -2.17. The van der Waals surface area contributed by atoms with E-state index in [2.05, 4.69) is 19.9 Å². The molecule has 2 aliphatic heterocycles. The fourth-order valence-electron chi connectivity index (χ4n) is 4.64. The Hall–Kier alpha value is -2.74. The Morgan fingerprint density at radius 3 is 2.60 bits per heavy atom. The average molecular weight is 503 g/mol. The number of ether oxygens (including phenoxy) is 2. The summed E-state index contributed by atoms with van der Waals surface area (Å²) in [5.74, 6) is 2.23. The van der Waals surface area contributed by atoms with Crippen LogP contribution in [0.1, 0.15) is 56.5 Å². The first-order valence-corrected chi connectivity index (χ1v) is 13.0. The molecule has 2 saturated heterocycles. The predicted molar refractivity (Wildman–Crippen MR) is 131 cm³/mol. The molecule has 0 aromatic carbocycles. The highest BCUT2D eigenvalue weighted by Crippen LogP contribution is 2.33. The quantitative estimate of drug-likeness (QED) is 0.363. The summed E-state index contributed by atoms with van der Waals surface area (Å²) in [4.78, 5) is 28.9. The van der Waals surface area contributed by atoms with Crippen molar-refractivity contribution < 1.29 is 14.6 Å². The molecule has 0 amide bonds. The number of aliphatic hydroxyl groups is 1. The number of nitrogens with two attached hydrogens (primary N) is 2. The summed E-state index contributed by atoms with van der Waals surface area (Å²) in [5.41, 5.74) is 13.6. The van der Waals surface area contributed by atoms with Gasteiger partial charge in [-0.05, 0) is 44.3 Å². The van der Waals surface area contributed by atoms with E-state index in [9.17, 15) is 9.90 Å². The number of anilines is 2. The number of imidazole rings is 1. The second kappa shape index (κ2) is 10.5. The third kappa shape index (κ3) is 5.13. The number of hydrogen-bond acceptors (Lipinski definition) is 11. The number of nitrogens with zero attached hydrogens (tertiary/aromatic N) is 6. The normalized spacial score (nSPS) is 24.5. The van der Waals surface area contributed by atoms with Crippen molar-refractivity contribution in [3.8, 4) is 0 Å². The molecular formula is C22H30N8O4S. The fourth-order valence-corrected chi connectivity index (χ4v) is 5.60. The maximum absolute atomic E-state index is 12.3. The van der Waals surface area contributed by atoms with Crippen molar-refractivity contribution in [3.63, 3.8) is 0 Å². The molecule has 0 saturated carbocycles. The van der Waals surface area contributed by atoms with E-state index in [-0.39, 0.29) is 30.9 Å². The Kier molecular flexibility index (Phi) is 7.18. The van der Waals surface area contributed by atoms with Gasteiger partial charge in [-0.2, -0.15) is 16.7 Å². The molecule has 0 spiro atoms. The zero-order chi connectivity index (χ0) is 24.4. The number of aromatic nitrogens is 6. The summed E-state index contributed by atoms with van der Waals surface area (Å²) in [7, 11) is 0. The van der Waals surface area contributed by atoms with E-state index in [4.69, 9.17) is 20.9 Å². The predicted octanol–water partition coefficient (Wildman–Crippen LogP) is 1.61. The van der Waals surface area contributed by atoms with Crippen LogP contribution in [0.4, 0.5) is 11.6 Å². The first-order valence-electron chi connectivity index (χ1n) is 11.8. The van der Waals surface area contributed by atoms with Crippen LogP contribution >= 0.6 is 11.8 Å². The zero-order valence-corrected chi connectivity index (χ0v) is 20.1. The van der Waals surface area contributed by atoms with Gasteiger partial charge >= 0.3 is 5.69 Å². The molecule has 0 radical (unpaired) electrons. The lowest BCUT2D eigenvalue weighted by atomic mass is 10.1. The van der Waals surface area contributed by atoms with Gasteiger partial charge in [0.15, 0.2) is 11.5 Å². The molecule has 0 bridgehead atoms. The minimum Gasteiger partial charge on any atom is -0.394 e. The highest BCUT2D eigenvalue weighted by molar-refractivity contribution is 7.98. The molecule has 4 atom stereocenters. The second-order valence-corrected chi connectivity index (χ2v) is 9.99. The molecule has 2 aliphatic rings. The third-order valence-electron chi connectivity index (χ3n) is 6.51. The van der Waals surface area contributed by atoms with Gasteiger partial charge in [0.25, 0.3) is 0 Å². The smallest absolute Gasteiger partial charge is 0.351 e. The maximum atomic E-state index is 12.3. The zero-order valence-electron chi connectivity index (χ0n) is 19.3. The summed E-state index contributed by atoms with van der Waals surface area (Å²) in [6.07, 6.45) is 9.58. The molecular weight excluding hydrogens is 472 g/mol. The van der Waals surface area contributed by atoms with Crippen molar-refractivity contribution in [2.45, 2.75) is 68.9 Å². The van der Waals surface area contributed by atoms with Crippen LogP contribution in [-0.2, 0) is 15.2 Å². The van der Waals surface area contributed by atoms with Crippen LogP contribution in [0.3, 0.4) is 0 Å². The van der Waals surface area contributed by atoms with Gasteiger partial charge in [-0.1, -0.05) is 0 Å². The first kappa shape index (κ1) is 24.0. The maximum Gasteiger partial charge on any atom is 0.351 e. The van der Waals surface area contributed by atoms with Gasteiger partial charge in [0.05, 0.1) is 25.1 Å². The van der Waals surface area contributed by atoms with E-state index in [0.717, 1.165) is 37.0 Å². The number of thioether (sulfide) groups is 1. The molecule has 12 nitrogen and oxygen atoms in total. The molecule has 3 aromatic rings. The lowest BCUT2D eigenvalue weighted by molar-refractivity contribution is -0.0246. The van der Waals surface area contributed by atoms with Crippen molar-refractivity contribution in [1.82, 2.24) is 29.1 Å². The van der Waals surface area contributed by atoms with Crippen LogP contribution in [0, 0.1) is 0 Å². The Bertz CT molecular complexity index is 1230. The number of rotatable bonds is 9. The first-order chi connectivity index (χ1) is 17.0. The van der Waals surface area contributed by atoms with Crippen LogP contribution in [0.2, 0.25) is 0 Å². The van der Waals surface area contributed by atoms with Crippen molar-refractivity contribution in [3.05, 3.63) is 34.9 Å². The summed E-state index contributed by atoms with van der Waals surface area (Å²) >= 11 is 1.75. The Morgan fingerprint density at radius 2 is 1.80 bits per heavy atom. The minimum absolute atomic E-state index is 0.0519. The van der Waals surface area contributed by atoms with E-state index in [1.807, 2.05) is 4.57 Å². The Morgan fingerprint density at radius 1 is 1.03 bits per heavy atom. The largest absolute Gasteiger partial charge is 0.394 e. The highest BCUT2D eigenvalue weighted by Gasteiger charge is 2.29. The van der Waals surface area contributed by atoms with Gasteiger partial charge in [0, 0.05) is 17.5 Å². The molecule has 35 heavy (non-hydrogen) atoms. The molecule has 4 unspecified atom stereocenters. The molecule has 3 aromatic heterocycles. The van der Waals surface area contributed by atoms with Crippen LogP contribution in [0.25, 0.3) is 11.2 Å². The van der Waals surface area contributed by atoms with E-state index < -0.39 is 11.9 Å². The highest BCUT2D eigenvalue weighted by atomic mass is 32.2. The van der Waals surface area contributed by atoms with E-state index in [0.29, 0.717) is 35.6 Å². The van der Waals surface area contributed by atoms with Crippen molar-refractivity contribution in [1.29, 1.82) is 0 Å². The van der Waals surface area contributed by atoms with Crippen LogP contribution < -0.4 is 17.2 Å². The van der Waals surface area contributed by atoms with E-state index in [1.54, 1.807) is 24.3 Å². The topological polar surface area (TPSA) is 169 Å². The van der Waals surface area contributed by atoms with Gasteiger partial charge in [0.2, 0.25) is 0 Å². The fraction of sp³-hybridized carbons (Fsp3) is 0.591. The van der Waals surface area contributed by atoms with Crippen LogP contribution in [0.15, 0.2) is 23.6 Å². The van der Waals surface area contributed by atoms with Gasteiger partial charge < -0.3 is 26.0 Å². The third-order valence-corrected chi connectivity index (χ3v) is 7.61. The van der Waals surface area contributed by atoms with Crippen molar-refractivity contribution in [2.75, 3.05) is 23.8 Å². The SMILES string of the molecule is Nc1nc(=O)n(C2CCC(CO)O2)cc1CSCCCC1CCC(n2cnc3c(N)ncnc32)O1. The molecule has 13 heteroatoms. The number of fused-ring (bicyclic) bond motifs is 1. The second-order valence-electron chi connectivity index (χ2n) is 8.88. The van der Waals surface area contributed by atoms with E-state index >= 15 is 0 Å². The number of hydrogen-bond donors (Lipinski definition) is 3. The van der Waals surface area contributed by atoms with Gasteiger partial charge in [0.1, 0.15) is 30.1 Å². The van der Waals surface area contributed by atoms with Crippen molar-refractivity contribution >= 4 is 34.6 Å². The standard InChI is InChI=1S/C22H30N8O4S/c23-19-13(8-29(22(32)28-19)16-6-4-15(9-31)34-16)10-35-7-1-2-14-3-5-17(33-14)30-12-27-18-20(24)25-11-26-21(18)30/h8,11-12,14-17,31H,1-7,9-10H2,(H2,23,28,32)(H2,24,25,26). The summed E-state index contributed by atoms with van der Waals surface area (Å²) < 4.78 is 15.4. The Balaban J connectivity index is 1.09. The summed E-state index contributed by atoms with van der Waals surface area (Å²) in [6, 6.07) is 0. The number of aliphatic hydroxyl groups excluding tert-OH is 1. The molecule has 2 fully saturated rings. The van der Waals surface area contributed by atoms with Gasteiger partial charge in [-0.3, -0.25) is 9.13 Å². The Labute approximate surface area is 206 Å². The molecule has 5 N–H and O–H groups in total. The van der Waals surface area contributed by atoms with E-state index in [1.165, 1.54) is 10.9 Å². The van der Waals surface area contributed by atoms with Gasteiger partial charge in [-0.25, -0.2) is 19.7 Å². The van der Waals surface area contributed by atoms with Crippen molar-refractivity contribution in [2.24, 2.45) is 0 Å². The number of nitrogen functional groups attached to an aromatic ring is 2. The molecule has 0 aliphatic carbocycles. The average Bonchev–Trinajstić information content (AvgIpc) is 3.60. The lowest BCUT2D eigenvalue weighted by Crippen LogP contribution is -2.29. The van der Waals surface area contributed by atoms with Crippen LogP contribution in [0.5, 0.6) is 0 Å². The monoisotopic (exact) mass is 502 g/mol. The summed E-state index contributed by atoms with van der Waals surface area (Å²) in [5, 5.41) is 9.28. The molecule has 5 heterocycles. The molecule has 5 rings (SSSR count). The summed E-state index contributed by atoms with van der Waals surface area (Å²) in [6.45, 7) is -0.0519. The molecule has 188 valence electrons. The minimum atomic E-state index is -0.424.